The quantitative estimate of drug-likeness (QED) is 0.513. The number of nitrogens with one attached hydrogen (secondary N) is 2. The van der Waals surface area contributed by atoms with Gasteiger partial charge in [0.2, 0.25) is 0 Å². The summed E-state index contributed by atoms with van der Waals surface area (Å²) in [5, 5.41) is 26.0. The van der Waals surface area contributed by atoms with Crippen molar-refractivity contribution in [2.75, 3.05) is 10.6 Å². The number of benzene rings is 2. The summed E-state index contributed by atoms with van der Waals surface area (Å²) in [7, 11) is 0. The molecule has 0 spiro atoms. The molecule has 2 aromatic rings. The number of carbonyl (C=O) groups excluding carboxylic acids is 1. The normalized spacial score (nSPS) is 14.2. The highest BCUT2D eigenvalue weighted by molar-refractivity contribution is 6.09. The molecule has 122 valence electrons. The molecule has 0 radical (unpaired) electrons. The number of aryl methyl sites for hydroxylation is 1. The first-order valence-electron chi connectivity index (χ1n) is 7.33. The van der Waals surface area contributed by atoms with Gasteiger partial charge in [0, 0.05) is 11.1 Å². The molecule has 2 amide bonds. The number of oxime groups is 1. The van der Waals surface area contributed by atoms with Gasteiger partial charge in [0.15, 0.2) is 0 Å². The molecule has 7 nitrogen and oxygen atoms in total. The molecule has 0 atom stereocenters. The maximum atomic E-state index is 12.4. The summed E-state index contributed by atoms with van der Waals surface area (Å²) in [5.41, 5.74) is 3.55. The minimum Gasteiger partial charge on any atom is -0.465 e. The molecule has 24 heavy (non-hydrogen) atoms. The fourth-order valence-corrected chi connectivity index (χ4v) is 2.73. The Labute approximate surface area is 137 Å². The number of carboxylic acid groups (broad SMARTS) is 1. The standard InChI is InChI=1S/C17H15N3O4/c21-16(18-14-3-1-2-4-15(14)19-17(22)23)11-5-7-12-10(9-11)6-8-13(12)20-24/h1-5,7,9,19,24H,6,8H2,(H,18,21)(H,22,23). The van der Waals surface area contributed by atoms with Crippen molar-refractivity contribution in [3.63, 3.8) is 0 Å². The van der Waals surface area contributed by atoms with Crippen molar-refractivity contribution in [2.45, 2.75) is 12.8 Å². The zero-order valence-electron chi connectivity index (χ0n) is 12.6. The highest BCUT2D eigenvalue weighted by Gasteiger charge is 2.20. The van der Waals surface area contributed by atoms with Crippen LogP contribution in [0.4, 0.5) is 16.2 Å². The maximum absolute atomic E-state index is 12.4. The first-order valence-corrected chi connectivity index (χ1v) is 7.33. The molecule has 0 aromatic heterocycles. The van der Waals surface area contributed by atoms with Gasteiger partial charge in [0.1, 0.15) is 0 Å². The van der Waals surface area contributed by atoms with Gasteiger partial charge in [-0.25, -0.2) is 4.79 Å². The fraction of sp³-hybridized carbons (Fsp3) is 0.118. The average Bonchev–Trinajstić information content (AvgIpc) is 2.98. The molecular weight excluding hydrogens is 310 g/mol. The van der Waals surface area contributed by atoms with E-state index in [0.29, 0.717) is 35.5 Å². The molecule has 0 saturated carbocycles. The van der Waals surface area contributed by atoms with Crippen LogP contribution in [0.2, 0.25) is 0 Å². The second kappa shape index (κ2) is 6.41. The lowest BCUT2D eigenvalue weighted by molar-refractivity contribution is 0.102. The topological polar surface area (TPSA) is 111 Å². The highest BCUT2D eigenvalue weighted by atomic mass is 16.4. The molecule has 0 unspecified atom stereocenters. The highest BCUT2D eigenvalue weighted by Crippen LogP contribution is 2.25. The van der Waals surface area contributed by atoms with Crippen molar-refractivity contribution >= 4 is 29.1 Å². The Bertz CT molecular complexity index is 845. The Balaban J connectivity index is 1.83. The lowest BCUT2D eigenvalue weighted by Gasteiger charge is -2.11. The van der Waals surface area contributed by atoms with Crippen LogP contribution < -0.4 is 10.6 Å². The van der Waals surface area contributed by atoms with Crippen molar-refractivity contribution in [1.82, 2.24) is 0 Å². The summed E-state index contributed by atoms with van der Waals surface area (Å²) in [6, 6.07) is 11.7. The van der Waals surface area contributed by atoms with E-state index in [1.54, 1.807) is 42.5 Å². The Morgan fingerprint density at radius 1 is 1.00 bits per heavy atom. The number of rotatable bonds is 3. The van der Waals surface area contributed by atoms with E-state index in [2.05, 4.69) is 15.8 Å². The predicted octanol–water partition coefficient (Wildman–Crippen LogP) is 3.15. The third-order valence-electron chi connectivity index (χ3n) is 3.85. The number of carbonyl (C=O) groups is 2. The van der Waals surface area contributed by atoms with E-state index in [0.717, 1.165) is 11.1 Å². The van der Waals surface area contributed by atoms with Gasteiger partial charge in [-0.15, -0.1) is 0 Å². The van der Waals surface area contributed by atoms with Crippen LogP contribution in [0.3, 0.4) is 0 Å². The second-order valence-corrected chi connectivity index (χ2v) is 5.35. The monoisotopic (exact) mass is 325 g/mol. The van der Waals surface area contributed by atoms with Crippen LogP contribution in [0.1, 0.15) is 27.9 Å². The predicted molar refractivity (Wildman–Crippen MR) is 89.1 cm³/mol. The molecule has 4 N–H and O–H groups in total. The molecule has 0 bridgehead atoms. The van der Waals surface area contributed by atoms with E-state index in [9.17, 15) is 9.59 Å². The molecule has 1 aliphatic rings. The van der Waals surface area contributed by atoms with Crippen molar-refractivity contribution in [1.29, 1.82) is 0 Å². The van der Waals surface area contributed by atoms with Gasteiger partial charge in [0.25, 0.3) is 5.91 Å². The molecule has 3 rings (SSSR count). The van der Waals surface area contributed by atoms with Crippen LogP contribution in [-0.2, 0) is 6.42 Å². The molecule has 0 fully saturated rings. The molecule has 0 saturated heterocycles. The van der Waals surface area contributed by atoms with Crippen LogP contribution in [0, 0.1) is 0 Å². The molecule has 0 aliphatic heterocycles. The van der Waals surface area contributed by atoms with Gasteiger partial charge in [-0.05, 0) is 42.7 Å². The summed E-state index contributed by atoms with van der Waals surface area (Å²) in [6.07, 6.45) is 0.153. The summed E-state index contributed by atoms with van der Waals surface area (Å²) in [5.74, 6) is -0.341. The van der Waals surface area contributed by atoms with E-state index in [4.69, 9.17) is 10.3 Å². The number of para-hydroxylation sites is 2. The van der Waals surface area contributed by atoms with Crippen LogP contribution in [0.5, 0.6) is 0 Å². The Hall–Kier alpha value is -3.35. The smallest absolute Gasteiger partial charge is 0.409 e. The lowest BCUT2D eigenvalue weighted by atomic mass is 10.1. The van der Waals surface area contributed by atoms with E-state index in [-0.39, 0.29) is 5.91 Å². The minimum atomic E-state index is -1.20. The van der Waals surface area contributed by atoms with Gasteiger partial charge in [0.05, 0.1) is 17.1 Å². The third kappa shape index (κ3) is 3.05. The van der Waals surface area contributed by atoms with Crippen LogP contribution in [0.25, 0.3) is 0 Å². The van der Waals surface area contributed by atoms with Gasteiger partial charge in [-0.2, -0.15) is 0 Å². The molecule has 2 aromatic carbocycles. The third-order valence-corrected chi connectivity index (χ3v) is 3.85. The van der Waals surface area contributed by atoms with Crippen molar-refractivity contribution < 1.29 is 19.9 Å². The molecular formula is C17H15N3O4. The maximum Gasteiger partial charge on any atom is 0.409 e. The van der Waals surface area contributed by atoms with Crippen molar-refractivity contribution in [3.8, 4) is 0 Å². The van der Waals surface area contributed by atoms with Crippen LogP contribution >= 0.6 is 0 Å². The van der Waals surface area contributed by atoms with Gasteiger partial charge < -0.3 is 15.6 Å². The lowest BCUT2D eigenvalue weighted by Crippen LogP contribution is -2.15. The molecule has 7 heteroatoms. The Kier molecular flexibility index (Phi) is 4.15. The summed E-state index contributed by atoms with van der Waals surface area (Å²) >= 11 is 0. The number of fused-ring (bicyclic) bond motifs is 1. The van der Waals surface area contributed by atoms with Gasteiger partial charge >= 0.3 is 6.09 Å². The number of nitrogens with zero attached hydrogens (tertiary/aromatic N) is 1. The number of hydrogen-bond donors (Lipinski definition) is 4. The number of amides is 2. The van der Waals surface area contributed by atoms with Crippen LogP contribution in [0.15, 0.2) is 47.6 Å². The van der Waals surface area contributed by atoms with E-state index >= 15 is 0 Å². The van der Waals surface area contributed by atoms with Crippen molar-refractivity contribution in [2.24, 2.45) is 5.16 Å². The van der Waals surface area contributed by atoms with Crippen LogP contribution in [-0.4, -0.2) is 28.0 Å². The Morgan fingerprint density at radius 3 is 2.38 bits per heavy atom. The first kappa shape index (κ1) is 15.5. The van der Waals surface area contributed by atoms with Gasteiger partial charge in [-0.3, -0.25) is 10.1 Å². The fourth-order valence-electron chi connectivity index (χ4n) is 2.73. The average molecular weight is 325 g/mol. The molecule has 1 aliphatic carbocycles. The SMILES string of the molecule is O=C(O)Nc1ccccc1NC(=O)c1ccc2c(c1)CCC2=NO. The number of hydrogen-bond acceptors (Lipinski definition) is 4. The van der Waals surface area contributed by atoms with E-state index in [1.807, 2.05) is 0 Å². The van der Waals surface area contributed by atoms with E-state index < -0.39 is 6.09 Å². The zero-order valence-corrected chi connectivity index (χ0v) is 12.6. The Morgan fingerprint density at radius 2 is 1.71 bits per heavy atom. The second-order valence-electron chi connectivity index (χ2n) is 5.35. The summed E-state index contributed by atoms with van der Waals surface area (Å²) in [4.78, 5) is 23.2. The molecule has 0 heterocycles. The zero-order chi connectivity index (χ0) is 17.1. The minimum absolute atomic E-state index is 0.300. The summed E-state index contributed by atoms with van der Waals surface area (Å²) < 4.78 is 0. The van der Waals surface area contributed by atoms with E-state index in [1.165, 1.54) is 0 Å². The largest absolute Gasteiger partial charge is 0.465 e. The number of anilines is 2. The summed E-state index contributed by atoms with van der Waals surface area (Å²) in [6.45, 7) is 0. The van der Waals surface area contributed by atoms with Gasteiger partial charge in [-0.1, -0.05) is 23.4 Å². The van der Waals surface area contributed by atoms with Crippen molar-refractivity contribution in [3.05, 3.63) is 59.2 Å². The first-order chi connectivity index (χ1) is 11.6.